The van der Waals surface area contributed by atoms with Crippen LogP contribution >= 0.6 is 11.8 Å². The van der Waals surface area contributed by atoms with Crippen molar-refractivity contribution in [2.45, 2.75) is 6.61 Å². The number of non-ortho nitro benzene ring substituents is 2. The summed E-state index contributed by atoms with van der Waals surface area (Å²) in [6.45, 7) is 2.95. The standard InChI is InChI=1S/C27H23N5O6S/c33-26-25(17-20-3-1-2-4-24(20)38-18-19-5-7-22(8-6-19)31(34)35)39-27(28-26)30-15-13-29(14-16-30)21-9-11-23(12-10-21)32(36)37/h1-12,17H,13-16,18H2/b25-17+. The van der Waals surface area contributed by atoms with Gasteiger partial charge in [-0.2, -0.15) is 4.99 Å². The summed E-state index contributed by atoms with van der Waals surface area (Å²) in [5, 5.41) is 22.4. The number of hydrogen-bond donors (Lipinski definition) is 0. The summed E-state index contributed by atoms with van der Waals surface area (Å²) in [6, 6.07) is 20.0. The third-order valence-electron chi connectivity index (χ3n) is 6.33. The van der Waals surface area contributed by atoms with E-state index >= 15 is 0 Å². The second-order valence-corrected chi connectivity index (χ2v) is 9.82. The van der Waals surface area contributed by atoms with Crippen LogP contribution in [0.5, 0.6) is 5.75 Å². The summed E-state index contributed by atoms with van der Waals surface area (Å²) in [5.74, 6) is 0.278. The van der Waals surface area contributed by atoms with Crippen molar-refractivity contribution < 1.29 is 19.4 Å². The van der Waals surface area contributed by atoms with Gasteiger partial charge in [0.2, 0.25) is 0 Å². The lowest BCUT2D eigenvalue weighted by molar-refractivity contribution is -0.385. The van der Waals surface area contributed by atoms with E-state index in [0.717, 1.165) is 16.8 Å². The molecule has 0 bridgehead atoms. The van der Waals surface area contributed by atoms with E-state index in [-0.39, 0.29) is 23.9 Å². The minimum absolute atomic E-state index is 0.0178. The van der Waals surface area contributed by atoms with E-state index in [1.54, 1.807) is 36.4 Å². The number of anilines is 1. The molecule has 11 nitrogen and oxygen atoms in total. The Morgan fingerprint density at radius 2 is 1.44 bits per heavy atom. The molecule has 3 aromatic carbocycles. The highest BCUT2D eigenvalue weighted by Gasteiger charge is 2.29. The summed E-state index contributed by atoms with van der Waals surface area (Å²) in [6.07, 6.45) is 1.77. The number of amidine groups is 1. The van der Waals surface area contributed by atoms with Crippen LogP contribution in [0.25, 0.3) is 6.08 Å². The molecule has 0 aliphatic carbocycles. The van der Waals surface area contributed by atoms with Crippen molar-refractivity contribution in [1.29, 1.82) is 0 Å². The largest absolute Gasteiger partial charge is 0.488 e. The lowest BCUT2D eigenvalue weighted by Crippen LogP contribution is -2.47. The molecule has 39 heavy (non-hydrogen) atoms. The van der Waals surface area contributed by atoms with Crippen LogP contribution in [0.2, 0.25) is 0 Å². The number of amides is 1. The smallest absolute Gasteiger partial charge is 0.286 e. The summed E-state index contributed by atoms with van der Waals surface area (Å²) in [5.41, 5.74) is 2.51. The normalized spacial score (nSPS) is 16.4. The first-order chi connectivity index (χ1) is 18.9. The van der Waals surface area contributed by atoms with Crippen LogP contribution in [-0.2, 0) is 11.4 Å². The molecule has 0 saturated carbocycles. The fraction of sp³-hybridized carbons (Fsp3) is 0.185. The van der Waals surface area contributed by atoms with Gasteiger partial charge < -0.3 is 14.5 Å². The van der Waals surface area contributed by atoms with Gasteiger partial charge in [-0.05, 0) is 53.7 Å². The first kappa shape index (κ1) is 25.9. The Labute approximate surface area is 227 Å². The molecule has 0 aromatic heterocycles. The maximum absolute atomic E-state index is 12.7. The molecule has 0 radical (unpaired) electrons. The molecule has 0 unspecified atom stereocenters. The third kappa shape index (κ3) is 6.07. The van der Waals surface area contributed by atoms with Crippen molar-refractivity contribution in [3.8, 4) is 5.75 Å². The number of thioether (sulfide) groups is 1. The predicted molar refractivity (Wildman–Crippen MR) is 149 cm³/mol. The molecule has 12 heteroatoms. The van der Waals surface area contributed by atoms with Crippen molar-refractivity contribution in [3.05, 3.63) is 109 Å². The Balaban J connectivity index is 1.20. The minimum Gasteiger partial charge on any atom is -0.488 e. The molecule has 0 N–H and O–H groups in total. The number of nitro groups is 2. The monoisotopic (exact) mass is 545 g/mol. The minimum atomic E-state index is -0.447. The first-order valence-corrected chi connectivity index (χ1v) is 12.9. The number of nitrogens with zero attached hydrogens (tertiary/aromatic N) is 5. The molecule has 0 spiro atoms. The van der Waals surface area contributed by atoms with E-state index in [1.807, 2.05) is 18.2 Å². The lowest BCUT2D eigenvalue weighted by Gasteiger charge is -2.36. The van der Waals surface area contributed by atoms with Gasteiger partial charge in [0.25, 0.3) is 17.3 Å². The van der Waals surface area contributed by atoms with Crippen molar-refractivity contribution in [3.63, 3.8) is 0 Å². The molecule has 0 atom stereocenters. The fourth-order valence-electron chi connectivity index (χ4n) is 4.22. The van der Waals surface area contributed by atoms with E-state index < -0.39 is 9.85 Å². The topological polar surface area (TPSA) is 131 Å². The number of carbonyl (C=O) groups is 1. The van der Waals surface area contributed by atoms with E-state index in [9.17, 15) is 25.0 Å². The Morgan fingerprint density at radius 1 is 0.846 bits per heavy atom. The molecule has 1 saturated heterocycles. The Morgan fingerprint density at radius 3 is 2.08 bits per heavy atom. The second kappa shape index (κ2) is 11.4. The van der Waals surface area contributed by atoms with Crippen molar-refractivity contribution in [2.24, 2.45) is 4.99 Å². The second-order valence-electron chi connectivity index (χ2n) is 8.81. The van der Waals surface area contributed by atoms with Crippen molar-refractivity contribution in [1.82, 2.24) is 4.90 Å². The van der Waals surface area contributed by atoms with E-state index in [0.29, 0.717) is 42.0 Å². The highest BCUT2D eigenvalue weighted by molar-refractivity contribution is 8.18. The van der Waals surface area contributed by atoms with Crippen molar-refractivity contribution >= 4 is 46.0 Å². The van der Waals surface area contributed by atoms with Gasteiger partial charge in [0.05, 0.1) is 14.8 Å². The van der Waals surface area contributed by atoms with Gasteiger partial charge in [-0.25, -0.2) is 0 Å². The van der Waals surface area contributed by atoms with Crippen LogP contribution in [0.1, 0.15) is 11.1 Å². The zero-order chi connectivity index (χ0) is 27.4. The number of rotatable bonds is 7. The number of para-hydroxylation sites is 1. The van der Waals surface area contributed by atoms with Crippen LogP contribution in [0.4, 0.5) is 17.1 Å². The molecule has 1 fully saturated rings. The van der Waals surface area contributed by atoms with E-state index in [4.69, 9.17) is 4.74 Å². The molecule has 5 rings (SSSR count). The third-order valence-corrected chi connectivity index (χ3v) is 7.38. The first-order valence-electron chi connectivity index (χ1n) is 12.1. The predicted octanol–water partition coefficient (Wildman–Crippen LogP) is 4.87. The SMILES string of the molecule is O=C1N=C(N2CCN(c3ccc([N+](=O)[O-])cc3)CC2)S/C1=C/c1ccccc1OCc1ccc([N+](=O)[O-])cc1. The van der Waals surface area contributed by atoms with Gasteiger partial charge in [-0.3, -0.25) is 25.0 Å². The van der Waals surface area contributed by atoms with Gasteiger partial charge in [-0.1, -0.05) is 18.2 Å². The Bertz CT molecular complexity index is 1460. The number of nitro benzene ring substituents is 2. The van der Waals surface area contributed by atoms with Crippen LogP contribution in [0, 0.1) is 20.2 Å². The average molecular weight is 546 g/mol. The molecular formula is C27H23N5O6S. The molecule has 2 aliphatic rings. The molecule has 2 heterocycles. The molecule has 198 valence electrons. The Hall–Kier alpha value is -4.71. The number of ether oxygens (including phenoxy) is 1. The van der Waals surface area contributed by atoms with Gasteiger partial charge in [0.1, 0.15) is 12.4 Å². The number of benzene rings is 3. The van der Waals surface area contributed by atoms with Gasteiger partial charge in [0, 0.05) is 61.7 Å². The number of carbonyl (C=O) groups excluding carboxylic acids is 1. The van der Waals surface area contributed by atoms with E-state index in [1.165, 1.54) is 36.0 Å². The summed E-state index contributed by atoms with van der Waals surface area (Å²) in [7, 11) is 0. The highest BCUT2D eigenvalue weighted by Crippen LogP contribution is 2.33. The zero-order valence-corrected chi connectivity index (χ0v) is 21.5. The summed E-state index contributed by atoms with van der Waals surface area (Å²) < 4.78 is 5.96. The number of piperazine rings is 1. The maximum Gasteiger partial charge on any atom is 0.286 e. The van der Waals surface area contributed by atoms with Crippen LogP contribution < -0.4 is 9.64 Å². The molecule has 1 amide bonds. The van der Waals surface area contributed by atoms with Crippen LogP contribution in [0.15, 0.2) is 82.7 Å². The zero-order valence-electron chi connectivity index (χ0n) is 20.6. The molecular weight excluding hydrogens is 522 g/mol. The quantitative estimate of drug-likeness (QED) is 0.232. The number of hydrogen-bond acceptors (Lipinski definition) is 9. The molecule has 2 aliphatic heterocycles. The van der Waals surface area contributed by atoms with Crippen LogP contribution in [-0.4, -0.2) is 52.0 Å². The maximum atomic E-state index is 12.7. The van der Waals surface area contributed by atoms with E-state index in [2.05, 4.69) is 14.8 Å². The summed E-state index contributed by atoms with van der Waals surface area (Å²) in [4.78, 5) is 42.6. The number of aliphatic imine (C=N–C) groups is 1. The van der Waals surface area contributed by atoms with Gasteiger partial charge in [-0.15, -0.1) is 0 Å². The Kier molecular flexibility index (Phi) is 7.55. The average Bonchev–Trinajstić information content (AvgIpc) is 3.32. The van der Waals surface area contributed by atoms with Crippen molar-refractivity contribution in [2.75, 3.05) is 31.1 Å². The van der Waals surface area contributed by atoms with Gasteiger partial charge in [0.15, 0.2) is 5.17 Å². The highest BCUT2D eigenvalue weighted by atomic mass is 32.2. The van der Waals surface area contributed by atoms with Gasteiger partial charge >= 0.3 is 0 Å². The lowest BCUT2D eigenvalue weighted by atomic mass is 10.1. The molecule has 3 aromatic rings. The summed E-state index contributed by atoms with van der Waals surface area (Å²) >= 11 is 1.32. The van der Waals surface area contributed by atoms with Crippen LogP contribution in [0.3, 0.4) is 0 Å². The fourth-order valence-corrected chi connectivity index (χ4v) is 5.18.